The fourth-order valence-electron chi connectivity index (χ4n) is 5.82. The topological polar surface area (TPSA) is 35.6 Å². The van der Waals surface area contributed by atoms with Crippen molar-refractivity contribution in [3.05, 3.63) is 140 Å². The molecule has 0 atom stereocenters. The number of benzene rings is 5. The SMILES string of the molecule is Cn1c(-c2[c-]c3c(cc2)c2ccccc2n3-c2[c-]c(-c3ccccn3)ccc2-c2ccccc2)nc2ccccc21.[Pt+2]. The van der Waals surface area contributed by atoms with Crippen LogP contribution < -0.4 is 0 Å². The first kappa shape index (κ1) is 26.1. The van der Waals surface area contributed by atoms with Crippen LogP contribution in [0.5, 0.6) is 0 Å². The molecule has 8 aromatic rings. The van der Waals surface area contributed by atoms with Crippen LogP contribution in [0.15, 0.2) is 128 Å². The molecular weight excluding hydrogens is 696 g/mol. The van der Waals surface area contributed by atoms with Crippen molar-refractivity contribution >= 4 is 32.8 Å². The fraction of sp³-hybridized carbons (Fsp3) is 0.0270. The maximum Gasteiger partial charge on any atom is 2.00 e. The minimum Gasteiger partial charge on any atom is -0.367 e. The monoisotopic (exact) mass is 719 g/mol. The summed E-state index contributed by atoms with van der Waals surface area (Å²) in [5.74, 6) is 0.888. The van der Waals surface area contributed by atoms with E-state index in [1.807, 2.05) is 42.6 Å². The van der Waals surface area contributed by atoms with Gasteiger partial charge in [0, 0.05) is 18.8 Å². The molecule has 0 spiro atoms. The van der Waals surface area contributed by atoms with Gasteiger partial charge in [0.2, 0.25) is 0 Å². The fourth-order valence-corrected chi connectivity index (χ4v) is 5.82. The number of rotatable bonds is 4. The number of aryl methyl sites for hydroxylation is 1. The molecular formula is C37H24N4Pt. The zero-order valence-corrected chi connectivity index (χ0v) is 25.0. The molecule has 42 heavy (non-hydrogen) atoms. The summed E-state index contributed by atoms with van der Waals surface area (Å²) in [7, 11) is 2.07. The molecule has 202 valence electrons. The van der Waals surface area contributed by atoms with Crippen molar-refractivity contribution in [1.29, 1.82) is 0 Å². The second-order valence-electron chi connectivity index (χ2n) is 10.2. The Labute approximate surface area is 258 Å². The van der Waals surface area contributed by atoms with Crippen molar-refractivity contribution in [1.82, 2.24) is 19.1 Å². The standard InChI is InChI=1S/C37H24N4.Pt/c1-40-34-17-8-6-15-32(34)39-37(40)27-19-21-30-29-13-5-7-16-33(29)41(36(30)24-27)35-23-26(31-14-9-10-22-38-31)18-20-28(35)25-11-3-2-4-12-25;/h2-22H,1H3;/q-2;+2. The Hall–Kier alpha value is -4.79. The van der Waals surface area contributed by atoms with Gasteiger partial charge in [-0.15, -0.1) is 47.5 Å². The Morgan fingerprint density at radius 2 is 1.36 bits per heavy atom. The molecule has 0 aliphatic rings. The summed E-state index contributed by atoms with van der Waals surface area (Å²) in [6.45, 7) is 0. The molecule has 0 amide bonds. The van der Waals surface area contributed by atoms with E-state index < -0.39 is 0 Å². The Bertz CT molecular complexity index is 2210. The third kappa shape index (κ3) is 4.19. The van der Waals surface area contributed by atoms with E-state index in [9.17, 15) is 0 Å². The Morgan fingerprint density at radius 3 is 2.17 bits per heavy atom. The first-order chi connectivity index (χ1) is 20.3. The third-order valence-corrected chi connectivity index (χ3v) is 7.79. The van der Waals surface area contributed by atoms with Crippen LogP contribution in [0, 0.1) is 12.1 Å². The van der Waals surface area contributed by atoms with Crippen molar-refractivity contribution in [2.24, 2.45) is 7.05 Å². The zero-order chi connectivity index (χ0) is 27.3. The van der Waals surface area contributed by atoms with Gasteiger partial charge >= 0.3 is 21.1 Å². The van der Waals surface area contributed by atoms with Crippen LogP contribution in [0.1, 0.15) is 0 Å². The maximum atomic E-state index is 4.97. The van der Waals surface area contributed by atoms with Gasteiger partial charge < -0.3 is 14.1 Å². The number of para-hydroxylation sites is 3. The summed E-state index contributed by atoms with van der Waals surface area (Å²) >= 11 is 0. The van der Waals surface area contributed by atoms with E-state index in [2.05, 4.69) is 118 Å². The van der Waals surface area contributed by atoms with E-state index in [1.165, 1.54) is 5.39 Å². The normalized spacial score (nSPS) is 11.3. The van der Waals surface area contributed by atoms with Gasteiger partial charge in [-0.05, 0) is 46.5 Å². The molecule has 5 heteroatoms. The van der Waals surface area contributed by atoms with Gasteiger partial charge in [-0.2, -0.15) is 0 Å². The minimum atomic E-state index is 0. The van der Waals surface area contributed by atoms with Crippen molar-refractivity contribution < 1.29 is 21.1 Å². The van der Waals surface area contributed by atoms with Crippen LogP contribution in [0.2, 0.25) is 0 Å². The van der Waals surface area contributed by atoms with Crippen LogP contribution in [0.25, 0.3) is 72.3 Å². The van der Waals surface area contributed by atoms with Crippen molar-refractivity contribution in [2.75, 3.05) is 0 Å². The smallest absolute Gasteiger partial charge is 0.367 e. The average Bonchev–Trinajstić information content (AvgIpc) is 3.56. The van der Waals surface area contributed by atoms with Gasteiger partial charge in [0.25, 0.3) is 0 Å². The van der Waals surface area contributed by atoms with E-state index in [-0.39, 0.29) is 21.1 Å². The van der Waals surface area contributed by atoms with E-state index in [0.717, 1.165) is 66.9 Å². The minimum absolute atomic E-state index is 0. The number of aromatic nitrogens is 4. The second-order valence-corrected chi connectivity index (χ2v) is 10.2. The van der Waals surface area contributed by atoms with Crippen molar-refractivity contribution in [3.63, 3.8) is 0 Å². The number of pyridine rings is 1. The second kappa shape index (κ2) is 10.6. The molecule has 0 aliphatic heterocycles. The van der Waals surface area contributed by atoms with Gasteiger partial charge in [0.15, 0.2) is 0 Å². The predicted molar refractivity (Wildman–Crippen MR) is 167 cm³/mol. The van der Waals surface area contributed by atoms with E-state index in [0.29, 0.717) is 0 Å². The number of fused-ring (bicyclic) bond motifs is 4. The van der Waals surface area contributed by atoms with E-state index in [1.54, 1.807) is 0 Å². The first-order valence-corrected chi connectivity index (χ1v) is 13.7. The van der Waals surface area contributed by atoms with Gasteiger partial charge in [0.05, 0.1) is 16.9 Å². The van der Waals surface area contributed by atoms with Crippen LogP contribution in [0.3, 0.4) is 0 Å². The van der Waals surface area contributed by atoms with Crippen LogP contribution in [-0.4, -0.2) is 19.1 Å². The van der Waals surface area contributed by atoms with E-state index in [4.69, 9.17) is 4.98 Å². The van der Waals surface area contributed by atoms with Gasteiger partial charge in [-0.3, -0.25) is 4.98 Å². The number of hydrogen-bond donors (Lipinski definition) is 0. The largest absolute Gasteiger partial charge is 2.00 e. The molecule has 0 N–H and O–H groups in total. The van der Waals surface area contributed by atoms with Gasteiger partial charge in [0.1, 0.15) is 0 Å². The first-order valence-electron chi connectivity index (χ1n) is 13.7. The van der Waals surface area contributed by atoms with Crippen molar-refractivity contribution in [3.8, 4) is 39.5 Å². The zero-order valence-electron chi connectivity index (χ0n) is 22.7. The molecule has 3 aromatic heterocycles. The number of hydrogen-bond acceptors (Lipinski definition) is 2. The van der Waals surface area contributed by atoms with Gasteiger partial charge in [-0.25, -0.2) is 0 Å². The van der Waals surface area contributed by atoms with Crippen LogP contribution >= 0.6 is 0 Å². The average molecular weight is 720 g/mol. The molecule has 0 radical (unpaired) electrons. The summed E-state index contributed by atoms with van der Waals surface area (Å²) in [5, 5.41) is 2.31. The van der Waals surface area contributed by atoms with Gasteiger partial charge in [-0.1, -0.05) is 89.3 Å². The van der Waals surface area contributed by atoms with Crippen LogP contribution in [0.4, 0.5) is 0 Å². The predicted octanol–water partition coefficient (Wildman–Crippen LogP) is 8.66. The summed E-state index contributed by atoms with van der Waals surface area (Å²) in [5.41, 5.74) is 10.1. The molecule has 0 unspecified atom stereocenters. The molecule has 0 aliphatic carbocycles. The Kier molecular flexibility index (Phi) is 6.57. The molecule has 0 saturated carbocycles. The van der Waals surface area contributed by atoms with Crippen molar-refractivity contribution in [2.45, 2.75) is 0 Å². The Morgan fingerprint density at radius 1 is 0.619 bits per heavy atom. The molecule has 5 aromatic carbocycles. The van der Waals surface area contributed by atoms with E-state index >= 15 is 0 Å². The van der Waals surface area contributed by atoms with Crippen LogP contribution in [-0.2, 0) is 28.1 Å². The summed E-state index contributed by atoms with van der Waals surface area (Å²) < 4.78 is 4.44. The maximum absolute atomic E-state index is 4.97. The molecule has 8 rings (SSSR count). The summed E-state index contributed by atoms with van der Waals surface area (Å²) in [4.78, 5) is 9.59. The molecule has 4 nitrogen and oxygen atoms in total. The summed E-state index contributed by atoms with van der Waals surface area (Å²) in [6, 6.07) is 49.4. The molecule has 0 bridgehead atoms. The molecule has 0 fully saturated rings. The number of nitrogens with zero attached hydrogens (tertiary/aromatic N) is 4. The quantitative estimate of drug-likeness (QED) is 0.171. The molecule has 3 heterocycles. The summed E-state index contributed by atoms with van der Waals surface area (Å²) in [6.07, 6.45) is 1.82. The Balaban J connectivity index is 0.00000288. The number of imidazole rings is 1. The molecule has 0 saturated heterocycles. The third-order valence-electron chi connectivity index (χ3n) is 7.79.